The maximum atomic E-state index is 12.7. The topological polar surface area (TPSA) is 77.5 Å². The van der Waals surface area contributed by atoms with Gasteiger partial charge in [-0.1, -0.05) is 35.1 Å². The average molecular weight is 358 g/mol. The number of nitrogens with zero attached hydrogens (tertiary/aromatic N) is 3. The molecule has 0 saturated carbocycles. The van der Waals surface area contributed by atoms with Crippen LogP contribution in [0.4, 0.5) is 5.69 Å². The molecule has 0 aliphatic heterocycles. The number of aromatic nitrogens is 2. The third kappa shape index (κ3) is 2.34. The fourth-order valence-corrected chi connectivity index (χ4v) is 3.59. The number of rotatable bonds is 2. The zero-order chi connectivity index (χ0) is 16.8. The second-order valence-corrected chi connectivity index (χ2v) is 6.57. The molecule has 0 aliphatic carbocycles. The molecule has 2 aromatic heterocycles. The minimum Gasteiger partial charge on any atom is -0.267 e. The third-order valence-electron chi connectivity index (χ3n) is 3.60. The Morgan fingerprint density at radius 3 is 2.67 bits per heavy atom. The molecule has 0 unspecified atom stereocenters. The first-order valence-corrected chi connectivity index (χ1v) is 8.09. The molecule has 0 aliphatic rings. The lowest BCUT2D eigenvalue weighted by Crippen LogP contribution is -2.22. The number of non-ortho nitro benzene ring substituents is 1. The Hall–Kier alpha value is -2.77. The number of hydrogen-bond acceptors (Lipinski definition) is 5. The minimum absolute atomic E-state index is 0.0712. The molecule has 0 N–H and O–H groups in total. The molecule has 0 radical (unpaired) electrons. The Labute approximate surface area is 143 Å². The van der Waals surface area contributed by atoms with E-state index in [0.29, 0.717) is 25.5 Å². The molecule has 0 atom stereocenters. The van der Waals surface area contributed by atoms with Gasteiger partial charge in [0.1, 0.15) is 0 Å². The summed E-state index contributed by atoms with van der Waals surface area (Å²) in [4.78, 5) is 28.0. The number of nitro groups is 1. The van der Waals surface area contributed by atoms with Gasteiger partial charge in [-0.25, -0.2) is 9.38 Å². The maximum absolute atomic E-state index is 12.7. The van der Waals surface area contributed by atoms with Crippen molar-refractivity contribution >= 4 is 50.7 Å². The largest absolute Gasteiger partial charge is 0.274 e. The van der Waals surface area contributed by atoms with E-state index in [4.69, 9.17) is 11.6 Å². The molecule has 0 fully saturated rings. The van der Waals surface area contributed by atoms with Crippen molar-refractivity contribution in [2.45, 2.75) is 0 Å². The lowest BCUT2D eigenvalue weighted by molar-refractivity contribution is -0.384. The molecule has 8 heteroatoms. The van der Waals surface area contributed by atoms with Crippen LogP contribution in [0.15, 0.2) is 47.3 Å². The van der Waals surface area contributed by atoms with Crippen molar-refractivity contribution in [1.82, 2.24) is 9.38 Å². The second kappa shape index (κ2) is 5.40. The summed E-state index contributed by atoms with van der Waals surface area (Å²) in [6.45, 7) is 0. The molecule has 0 amide bonds. The molecule has 4 rings (SSSR count). The van der Waals surface area contributed by atoms with Crippen LogP contribution in [0.5, 0.6) is 0 Å². The van der Waals surface area contributed by atoms with E-state index in [-0.39, 0.29) is 11.2 Å². The Morgan fingerprint density at radius 1 is 1.21 bits per heavy atom. The quantitative estimate of drug-likeness (QED) is 0.408. The summed E-state index contributed by atoms with van der Waals surface area (Å²) in [5, 5.41) is 11.6. The highest BCUT2D eigenvalue weighted by molar-refractivity contribution is 7.15. The summed E-state index contributed by atoms with van der Waals surface area (Å²) < 4.78 is 1.92. The molecule has 2 heterocycles. The van der Waals surface area contributed by atoms with Crippen LogP contribution in [0.25, 0.3) is 22.1 Å². The Balaban J connectivity index is 1.98. The monoisotopic (exact) mass is 357 g/mol. The number of thiazole rings is 1. The Bertz CT molecular complexity index is 1210. The molecule has 0 bridgehead atoms. The smallest absolute Gasteiger partial charge is 0.267 e. The van der Waals surface area contributed by atoms with Gasteiger partial charge in [-0.15, -0.1) is 0 Å². The summed E-state index contributed by atoms with van der Waals surface area (Å²) in [7, 11) is 0. The Kier molecular flexibility index (Phi) is 3.33. The van der Waals surface area contributed by atoms with Gasteiger partial charge in [0.15, 0.2) is 4.96 Å². The number of imidazole rings is 1. The van der Waals surface area contributed by atoms with E-state index in [2.05, 4.69) is 4.98 Å². The normalized spacial score (nSPS) is 12.3. The van der Waals surface area contributed by atoms with Crippen molar-refractivity contribution in [3.8, 4) is 0 Å². The number of benzene rings is 2. The van der Waals surface area contributed by atoms with Gasteiger partial charge in [0.05, 0.1) is 20.5 Å². The third-order valence-corrected chi connectivity index (χ3v) is 4.82. The van der Waals surface area contributed by atoms with Gasteiger partial charge in [0.2, 0.25) is 0 Å². The first-order chi connectivity index (χ1) is 11.5. The summed E-state index contributed by atoms with van der Waals surface area (Å²) in [5.41, 5.74) is 1.53. The fraction of sp³-hybridized carbons (Fsp3) is 0. The van der Waals surface area contributed by atoms with E-state index in [0.717, 1.165) is 5.56 Å². The predicted molar refractivity (Wildman–Crippen MR) is 93.7 cm³/mol. The molecule has 24 heavy (non-hydrogen) atoms. The van der Waals surface area contributed by atoms with Crippen LogP contribution in [-0.4, -0.2) is 14.3 Å². The molecular weight excluding hydrogens is 350 g/mol. The van der Waals surface area contributed by atoms with E-state index in [1.807, 2.05) is 12.1 Å². The van der Waals surface area contributed by atoms with Crippen LogP contribution in [0.1, 0.15) is 5.56 Å². The second-order valence-electron chi connectivity index (χ2n) is 5.13. The SMILES string of the molecule is O=c1/c(=C/c2ccc(Cl)cc2)sc2nc3ccc([N+](=O)[O-])cc3n12. The molecule has 2 aromatic carbocycles. The average Bonchev–Trinajstić information content (AvgIpc) is 3.06. The van der Waals surface area contributed by atoms with E-state index < -0.39 is 4.92 Å². The van der Waals surface area contributed by atoms with Crippen molar-refractivity contribution < 1.29 is 4.92 Å². The first-order valence-electron chi connectivity index (χ1n) is 6.89. The molecule has 6 nitrogen and oxygen atoms in total. The van der Waals surface area contributed by atoms with Crippen LogP contribution in [0.3, 0.4) is 0 Å². The van der Waals surface area contributed by atoms with Crippen molar-refractivity contribution in [1.29, 1.82) is 0 Å². The highest BCUT2D eigenvalue weighted by Gasteiger charge is 2.14. The standard InChI is InChI=1S/C16H8ClN3O3S/c17-10-3-1-9(2-4-10)7-14-15(21)19-13-8-11(20(22)23)5-6-12(13)18-16(19)24-14/h1-8H/b14-7-. The molecule has 0 saturated heterocycles. The van der Waals surface area contributed by atoms with Gasteiger partial charge < -0.3 is 0 Å². The van der Waals surface area contributed by atoms with Crippen LogP contribution in [-0.2, 0) is 0 Å². The van der Waals surface area contributed by atoms with E-state index in [1.54, 1.807) is 24.3 Å². The fourth-order valence-electron chi connectivity index (χ4n) is 2.47. The van der Waals surface area contributed by atoms with Gasteiger partial charge in [-0.3, -0.25) is 14.9 Å². The van der Waals surface area contributed by atoms with E-state index >= 15 is 0 Å². The van der Waals surface area contributed by atoms with Gasteiger partial charge in [0, 0.05) is 17.2 Å². The highest BCUT2D eigenvalue weighted by Crippen LogP contribution is 2.21. The summed E-state index contributed by atoms with van der Waals surface area (Å²) in [6.07, 6.45) is 1.75. The number of halogens is 1. The maximum Gasteiger partial charge on any atom is 0.274 e. The molecular formula is C16H8ClN3O3S. The van der Waals surface area contributed by atoms with E-state index in [9.17, 15) is 14.9 Å². The first kappa shape index (κ1) is 14.8. The van der Waals surface area contributed by atoms with Crippen LogP contribution in [0.2, 0.25) is 5.02 Å². The lowest BCUT2D eigenvalue weighted by Gasteiger charge is -1.92. The zero-order valence-corrected chi connectivity index (χ0v) is 13.5. The molecule has 4 aromatic rings. The van der Waals surface area contributed by atoms with Gasteiger partial charge in [-0.05, 0) is 29.8 Å². The van der Waals surface area contributed by atoms with Crippen molar-refractivity contribution in [3.05, 3.63) is 78.1 Å². The van der Waals surface area contributed by atoms with Crippen molar-refractivity contribution in [2.75, 3.05) is 0 Å². The predicted octanol–water partition coefficient (Wildman–Crippen LogP) is 3.02. The van der Waals surface area contributed by atoms with E-state index in [1.165, 1.54) is 27.9 Å². The molecule has 0 spiro atoms. The van der Waals surface area contributed by atoms with Gasteiger partial charge in [-0.2, -0.15) is 0 Å². The summed E-state index contributed by atoms with van der Waals surface area (Å²) >= 11 is 7.10. The van der Waals surface area contributed by atoms with Crippen LogP contribution in [0, 0.1) is 10.1 Å². The van der Waals surface area contributed by atoms with Crippen LogP contribution >= 0.6 is 22.9 Å². The van der Waals surface area contributed by atoms with Crippen molar-refractivity contribution in [2.24, 2.45) is 0 Å². The lowest BCUT2D eigenvalue weighted by atomic mass is 10.2. The highest BCUT2D eigenvalue weighted by atomic mass is 35.5. The minimum atomic E-state index is -0.490. The number of nitro benzene ring substituents is 1. The van der Waals surface area contributed by atoms with Gasteiger partial charge in [0.25, 0.3) is 11.2 Å². The van der Waals surface area contributed by atoms with Gasteiger partial charge >= 0.3 is 0 Å². The molecule has 118 valence electrons. The summed E-state index contributed by atoms with van der Waals surface area (Å²) in [5.74, 6) is 0. The van der Waals surface area contributed by atoms with Crippen LogP contribution < -0.4 is 10.1 Å². The Morgan fingerprint density at radius 2 is 1.96 bits per heavy atom. The summed E-state index contributed by atoms with van der Waals surface area (Å²) in [6, 6.07) is 11.4. The number of fused-ring (bicyclic) bond motifs is 3. The zero-order valence-electron chi connectivity index (χ0n) is 12.0. The van der Waals surface area contributed by atoms with Crippen molar-refractivity contribution in [3.63, 3.8) is 0 Å². The number of hydrogen-bond donors (Lipinski definition) is 0.